The molecule has 0 aliphatic heterocycles. The van der Waals surface area contributed by atoms with Crippen molar-refractivity contribution in [1.82, 2.24) is 0 Å². The summed E-state index contributed by atoms with van der Waals surface area (Å²) in [5.74, 6) is -0.705. The molecule has 12 heavy (non-hydrogen) atoms. The molecule has 0 aromatic rings. The number of esters is 1. The molecule has 0 aliphatic carbocycles. The molecule has 0 heterocycles. The van der Waals surface area contributed by atoms with Crippen LogP contribution in [0, 0.1) is 5.92 Å². The zero-order valence-corrected chi connectivity index (χ0v) is 8.04. The van der Waals surface area contributed by atoms with E-state index in [1.165, 1.54) is 0 Å². The predicted molar refractivity (Wildman–Crippen MR) is 46.7 cm³/mol. The Balaban J connectivity index is 3.82. The number of rotatable bonds is 5. The monoisotopic (exact) mass is 174 g/mol. The van der Waals surface area contributed by atoms with Gasteiger partial charge in [0.25, 0.3) is 0 Å². The van der Waals surface area contributed by atoms with Gasteiger partial charge in [0.15, 0.2) is 0 Å². The van der Waals surface area contributed by atoms with E-state index < -0.39 is 12.0 Å². The van der Waals surface area contributed by atoms with Crippen LogP contribution in [0.25, 0.3) is 0 Å². The molecule has 0 saturated heterocycles. The van der Waals surface area contributed by atoms with E-state index in [1.54, 1.807) is 13.8 Å². The first kappa shape index (κ1) is 11.4. The van der Waals surface area contributed by atoms with Gasteiger partial charge in [-0.15, -0.1) is 0 Å². The van der Waals surface area contributed by atoms with Crippen molar-refractivity contribution in [3.63, 3.8) is 0 Å². The summed E-state index contributed by atoms with van der Waals surface area (Å²) in [7, 11) is 0. The van der Waals surface area contributed by atoms with Gasteiger partial charge in [0, 0.05) is 0 Å². The molecule has 2 atom stereocenters. The second-order valence-corrected chi connectivity index (χ2v) is 2.90. The topological polar surface area (TPSA) is 46.5 Å². The summed E-state index contributed by atoms with van der Waals surface area (Å²) in [5.41, 5.74) is 0. The molecule has 0 aromatic heterocycles. The molecule has 0 rings (SSSR count). The summed E-state index contributed by atoms with van der Waals surface area (Å²) < 4.78 is 4.77. The predicted octanol–water partition coefficient (Wildman–Crippen LogP) is 1.35. The molecule has 0 fully saturated rings. The quantitative estimate of drug-likeness (QED) is 0.640. The highest BCUT2D eigenvalue weighted by molar-refractivity contribution is 5.72. The average molecular weight is 174 g/mol. The fourth-order valence-electron chi connectivity index (χ4n) is 0.977. The van der Waals surface area contributed by atoms with Crippen molar-refractivity contribution in [1.29, 1.82) is 0 Å². The van der Waals surface area contributed by atoms with E-state index >= 15 is 0 Å². The lowest BCUT2D eigenvalue weighted by Crippen LogP contribution is -2.27. The Labute approximate surface area is 73.7 Å². The Morgan fingerprint density at radius 3 is 2.50 bits per heavy atom. The lowest BCUT2D eigenvalue weighted by molar-refractivity contribution is -0.151. The van der Waals surface area contributed by atoms with Crippen molar-refractivity contribution in [2.75, 3.05) is 6.61 Å². The first-order valence-electron chi connectivity index (χ1n) is 4.48. The van der Waals surface area contributed by atoms with Gasteiger partial charge in [0.2, 0.25) is 0 Å². The summed E-state index contributed by atoms with van der Waals surface area (Å²) in [6.45, 7) is 5.80. The van der Waals surface area contributed by atoms with E-state index in [4.69, 9.17) is 4.74 Å². The minimum Gasteiger partial charge on any atom is -0.466 e. The van der Waals surface area contributed by atoms with Crippen LogP contribution in [0.4, 0.5) is 0 Å². The van der Waals surface area contributed by atoms with Gasteiger partial charge in [-0.3, -0.25) is 4.79 Å². The molecular weight excluding hydrogens is 156 g/mol. The van der Waals surface area contributed by atoms with Gasteiger partial charge in [0.05, 0.1) is 18.6 Å². The summed E-state index contributed by atoms with van der Waals surface area (Å²) in [4.78, 5) is 11.1. The molecule has 0 saturated carbocycles. The van der Waals surface area contributed by atoms with Gasteiger partial charge in [-0.25, -0.2) is 0 Å². The first-order valence-corrected chi connectivity index (χ1v) is 4.48. The van der Waals surface area contributed by atoms with E-state index in [-0.39, 0.29) is 5.97 Å². The van der Waals surface area contributed by atoms with Crippen LogP contribution < -0.4 is 0 Å². The second kappa shape index (κ2) is 6.00. The van der Waals surface area contributed by atoms with Crippen LogP contribution in [0.3, 0.4) is 0 Å². The van der Waals surface area contributed by atoms with Crippen LogP contribution in [0.1, 0.15) is 33.6 Å². The molecule has 0 bridgehead atoms. The van der Waals surface area contributed by atoms with Crippen molar-refractivity contribution < 1.29 is 14.6 Å². The van der Waals surface area contributed by atoms with Crippen molar-refractivity contribution >= 4 is 5.97 Å². The van der Waals surface area contributed by atoms with Crippen LogP contribution in [0.5, 0.6) is 0 Å². The Kier molecular flexibility index (Phi) is 5.72. The van der Waals surface area contributed by atoms with Gasteiger partial charge < -0.3 is 9.84 Å². The zero-order chi connectivity index (χ0) is 9.56. The second-order valence-electron chi connectivity index (χ2n) is 2.90. The van der Waals surface area contributed by atoms with Crippen LogP contribution in [0.15, 0.2) is 0 Å². The first-order chi connectivity index (χ1) is 5.63. The van der Waals surface area contributed by atoms with Gasteiger partial charge >= 0.3 is 5.97 Å². The van der Waals surface area contributed by atoms with E-state index in [0.717, 1.165) is 6.42 Å². The third-order valence-electron chi connectivity index (χ3n) is 1.82. The maximum absolute atomic E-state index is 11.1. The molecule has 0 radical (unpaired) electrons. The largest absolute Gasteiger partial charge is 0.466 e. The SMILES string of the molecule is CCC[C@H](O)[C@H](C)C(=O)OCC. The highest BCUT2D eigenvalue weighted by atomic mass is 16.5. The molecule has 3 nitrogen and oxygen atoms in total. The maximum Gasteiger partial charge on any atom is 0.311 e. The summed E-state index contributed by atoms with van der Waals surface area (Å²) in [6, 6.07) is 0. The zero-order valence-electron chi connectivity index (χ0n) is 8.04. The normalized spacial score (nSPS) is 15.3. The summed E-state index contributed by atoms with van der Waals surface area (Å²) in [5, 5.41) is 9.41. The minimum absolute atomic E-state index is 0.307. The third-order valence-corrected chi connectivity index (χ3v) is 1.82. The van der Waals surface area contributed by atoms with Crippen LogP contribution in [-0.4, -0.2) is 23.8 Å². The number of carbonyl (C=O) groups excluding carboxylic acids is 1. The average Bonchev–Trinajstić information content (AvgIpc) is 2.04. The highest BCUT2D eigenvalue weighted by Crippen LogP contribution is 2.10. The number of ether oxygens (including phenoxy) is 1. The van der Waals surface area contributed by atoms with Crippen molar-refractivity contribution in [2.45, 2.75) is 39.7 Å². The van der Waals surface area contributed by atoms with E-state index in [1.807, 2.05) is 6.92 Å². The summed E-state index contributed by atoms with van der Waals surface area (Å²) in [6.07, 6.45) is 0.972. The number of aliphatic hydroxyl groups is 1. The lowest BCUT2D eigenvalue weighted by atomic mass is 10.0. The molecule has 3 heteroatoms. The van der Waals surface area contributed by atoms with Gasteiger partial charge in [-0.05, 0) is 20.3 Å². The smallest absolute Gasteiger partial charge is 0.311 e. The molecule has 0 unspecified atom stereocenters. The third kappa shape index (κ3) is 3.72. The molecule has 72 valence electrons. The molecule has 0 amide bonds. The minimum atomic E-state index is -0.561. The number of carbonyl (C=O) groups is 1. The molecule has 1 N–H and O–H groups in total. The number of hydrogen-bond acceptors (Lipinski definition) is 3. The van der Waals surface area contributed by atoms with E-state index in [2.05, 4.69) is 0 Å². The number of hydrogen-bond donors (Lipinski definition) is 1. The van der Waals surface area contributed by atoms with Crippen molar-refractivity contribution in [3.8, 4) is 0 Å². The number of aliphatic hydroxyl groups excluding tert-OH is 1. The summed E-state index contributed by atoms with van der Waals surface area (Å²) >= 11 is 0. The lowest BCUT2D eigenvalue weighted by Gasteiger charge is -2.16. The molecule has 0 spiro atoms. The van der Waals surface area contributed by atoms with Gasteiger partial charge in [0.1, 0.15) is 0 Å². The van der Waals surface area contributed by atoms with Crippen LogP contribution in [0.2, 0.25) is 0 Å². The maximum atomic E-state index is 11.1. The molecular formula is C9H18O3. The van der Waals surface area contributed by atoms with Crippen LogP contribution >= 0.6 is 0 Å². The Bertz CT molecular complexity index is 134. The van der Waals surface area contributed by atoms with Gasteiger partial charge in [-0.1, -0.05) is 13.3 Å². The Morgan fingerprint density at radius 1 is 1.50 bits per heavy atom. The van der Waals surface area contributed by atoms with E-state index in [0.29, 0.717) is 13.0 Å². The van der Waals surface area contributed by atoms with E-state index in [9.17, 15) is 9.90 Å². The Hall–Kier alpha value is -0.570. The Morgan fingerprint density at radius 2 is 2.08 bits per heavy atom. The van der Waals surface area contributed by atoms with Gasteiger partial charge in [-0.2, -0.15) is 0 Å². The van der Waals surface area contributed by atoms with Crippen LogP contribution in [-0.2, 0) is 9.53 Å². The van der Waals surface area contributed by atoms with Crippen molar-refractivity contribution in [2.24, 2.45) is 5.92 Å². The standard InChI is InChI=1S/C9H18O3/c1-4-6-8(10)7(3)9(11)12-5-2/h7-8,10H,4-6H2,1-3H3/t7-,8-/m0/s1. The highest BCUT2D eigenvalue weighted by Gasteiger charge is 2.21. The van der Waals surface area contributed by atoms with Crippen molar-refractivity contribution in [3.05, 3.63) is 0 Å². The fourth-order valence-corrected chi connectivity index (χ4v) is 0.977. The fraction of sp³-hybridized carbons (Fsp3) is 0.889. The molecule has 0 aliphatic rings. The molecule has 0 aromatic carbocycles.